The van der Waals surface area contributed by atoms with Crippen LogP contribution < -0.4 is 0 Å². The zero-order valence-electron chi connectivity index (χ0n) is 12.9. The van der Waals surface area contributed by atoms with Gasteiger partial charge in [0, 0.05) is 18.0 Å². The number of fused-ring (bicyclic) bond motifs is 1. The van der Waals surface area contributed by atoms with Crippen molar-refractivity contribution in [3.05, 3.63) is 52.9 Å². The molecule has 0 spiro atoms. The van der Waals surface area contributed by atoms with E-state index in [1.807, 2.05) is 29.7 Å². The van der Waals surface area contributed by atoms with Crippen LogP contribution in [0.5, 0.6) is 0 Å². The molecule has 1 aliphatic heterocycles. The minimum Gasteiger partial charge on any atom is -0.419 e. The van der Waals surface area contributed by atoms with E-state index >= 15 is 0 Å². The molecule has 2 aromatic rings. The molecule has 0 radical (unpaired) electrons. The molecule has 5 heteroatoms. The second-order valence-electron chi connectivity index (χ2n) is 5.39. The highest BCUT2D eigenvalue weighted by Crippen LogP contribution is 2.28. The molecule has 1 aromatic heterocycles. The number of hydrogen-bond donors (Lipinski definition) is 0. The van der Waals surface area contributed by atoms with Crippen LogP contribution in [0.1, 0.15) is 25.8 Å². The predicted octanol–water partition coefficient (Wildman–Crippen LogP) is 4.07. The molecule has 0 amide bonds. The van der Waals surface area contributed by atoms with Gasteiger partial charge in [-0.05, 0) is 28.5 Å². The first kappa shape index (κ1) is 15.5. The number of carbonyl (C=O) groups is 2. The van der Waals surface area contributed by atoms with E-state index in [0.29, 0.717) is 6.42 Å². The van der Waals surface area contributed by atoms with Gasteiger partial charge < -0.3 is 9.47 Å². The number of rotatable bonds is 3. The Hall–Kier alpha value is -2.40. The molecule has 0 atom stereocenters. The fourth-order valence-electron chi connectivity index (χ4n) is 2.26. The maximum atomic E-state index is 12.0. The Kier molecular flexibility index (Phi) is 4.05. The van der Waals surface area contributed by atoms with Crippen molar-refractivity contribution in [1.82, 2.24) is 0 Å². The van der Waals surface area contributed by atoms with E-state index in [1.165, 1.54) is 10.8 Å². The van der Waals surface area contributed by atoms with Crippen molar-refractivity contribution in [3.8, 4) is 0 Å². The second kappa shape index (κ2) is 6.01. The lowest BCUT2D eigenvalue weighted by Crippen LogP contribution is -2.43. The zero-order valence-corrected chi connectivity index (χ0v) is 13.7. The van der Waals surface area contributed by atoms with Gasteiger partial charge in [0.25, 0.3) is 5.79 Å². The summed E-state index contributed by atoms with van der Waals surface area (Å²) in [5.41, 5.74) is 0.949. The topological polar surface area (TPSA) is 52.6 Å². The van der Waals surface area contributed by atoms with Gasteiger partial charge in [0.2, 0.25) is 0 Å². The first-order valence-electron chi connectivity index (χ1n) is 7.34. The number of ether oxygens (including phenoxy) is 2. The van der Waals surface area contributed by atoms with Gasteiger partial charge in [0.1, 0.15) is 5.57 Å². The number of thiophene rings is 1. The number of cyclic esters (lactones) is 2. The summed E-state index contributed by atoms with van der Waals surface area (Å²) in [6.07, 6.45) is 5.38. The fraction of sp³-hybridized carbons (Fsp3) is 0.222. The van der Waals surface area contributed by atoms with Crippen LogP contribution in [-0.2, 0) is 19.1 Å². The molecule has 4 nitrogen and oxygen atoms in total. The molecular weight excluding hydrogens is 312 g/mol. The standard InChI is InChI=1S/C18H16O4S/c1-3-18(2)21-16(19)14(17(20)22-18)9-6-7-12-11-23-15-10-5-4-8-13(12)15/h4-11H,3H2,1-2H3. The lowest BCUT2D eigenvalue weighted by molar-refractivity contribution is -0.229. The van der Waals surface area contributed by atoms with Crippen LogP contribution in [0.2, 0.25) is 0 Å². The van der Waals surface area contributed by atoms with E-state index in [0.717, 1.165) is 10.9 Å². The molecule has 3 rings (SSSR count). The summed E-state index contributed by atoms with van der Waals surface area (Å²) in [7, 11) is 0. The lowest BCUT2D eigenvalue weighted by atomic mass is 10.1. The van der Waals surface area contributed by atoms with Gasteiger partial charge in [-0.3, -0.25) is 0 Å². The second-order valence-corrected chi connectivity index (χ2v) is 6.30. The molecular formula is C18H16O4S. The number of allylic oxidation sites excluding steroid dienone is 2. The van der Waals surface area contributed by atoms with Crippen LogP contribution in [0.15, 0.2) is 47.4 Å². The third-order valence-electron chi connectivity index (χ3n) is 3.75. The molecule has 1 fully saturated rings. The fourth-order valence-corrected chi connectivity index (χ4v) is 3.19. The maximum Gasteiger partial charge on any atom is 0.348 e. The van der Waals surface area contributed by atoms with E-state index in [2.05, 4.69) is 6.07 Å². The van der Waals surface area contributed by atoms with Crippen LogP contribution in [0.4, 0.5) is 0 Å². The largest absolute Gasteiger partial charge is 0.419 e. The third-order valence-corrected chi connectivity index (χ3v) is 4.73. The van der Waals surface area contributed by atoms with Crippen molar-refractivity contribution in [2.24, 2.45) is 0 Å². The molecule has 0 N–H and O–H groups in total. The van der Waals surface area contributed by atoms with Gasteiger partial charge in [-0.1, -0.05) is 37.3 Å². The normalized spacial score (nSPS) is 21.6. The highest BCUT2D eigenvalue weighted by Gasteiger charge is 2.40. The molecule has 0 unspecified atom stereocenters. The SMILES string of the molecule is CCC1(C)OC(=O)C(=CC=Cc2csc3ccccc23)C(=O)O1. The van der Waals surface area contributed by atoms with E-state index < -0.39 is 17.7 Å². The molecule has 0 bridgehead atoms. The molecule has 2 heterocycles. The van der Waals surface area contributed by atoms with Crippen LogP contribution in [0.25, 0.3) is 16.2 Å². The van der Waals surface area contributed by atoms with Crippen molar-refractivity contribution in [3.63, 3.8) is 0 Å². The van der Waals surface area contributed by atoms with Gasteiger partial charge in [0.05, 0.1) is 0 Å². The minimum atomic E-state index is -1.17. The molecule has 118 valence electrons. The molecule has 23 heavy (non-hydrogen) atoms. The number of carbonyl (C=O) groups excluding carboxylic acids is 2. The lowest BCUT2D eigenvalue weighted by Gasteiger charge is -2.32. The van der Waals surface area contributed by atoms with E-state index in [9.17, 15) is 9.59 Å². The van der Waals surface area contributed by atoms with Crippen LogP contribution in [0, 0.1) is 0 Å². The summed E-state index contributed by atoms with van der Waals surface area (Å²) in [5.74, 6) is -2.46. The maximum absolute atomic E-state index is 12.0. The summed E-state index contributed by atoms with van der Waals surface area (Å²) in [6.45, 7) is 3.36. The summed E-state index contributed by atoms with van der Waals surface area (Å²) in [5, 5.41) is 3.17. The third kappa shape index (κ3) is 3.05. The number of hydrogen-bond acceptors (Lipinski definition) is 5. The molecule has 0 aliphatic carbocycles. The van der Waals surface area contributed by atoms with Gasteiger partial charge in [-0.2, -0.15) is 0 Å². The first-order chi connectivity index (χ1) is 11.0. The first-order valence-corrected chi connectivity index (χ1v) is 8.21. The quantitative estimate of drug-likeness (QED) is 0.484. The molecule has 1 saturated heterocycles. The Labute approximate surface area is 138 Å². The van der Waals surface area contributed by atoms with Gasteiger partial charge in [-0.25, -0.2) is 9.59 Å². The smallest absolute Gasteiger partial charge is 0.348 e. The highest BCUT2D eigenvalue weighted by atomic mass is 32.1. The average Bonchev–Trinajstić information content (AvgIpc) is 2.93. The Bertz CT molecular complexity index is 808. The van der Waals surface area contributed by atoms with Crippen molar-refractivity contribution in [1.29, 1.82) is 0 Å². The molecule has 1 aliphatic rings. The van der Waals surface area contributed by atoms with Crippen LogP contribution in [0.3, 0.4) is 0 Å². The van der Waals surface area contributed by atoms with Crippen molar-refractivity contribution < 1.29 is 19.1 Å². The number of benzene rings is 1. The predicted molar refractivity (Wildman–Crippen MR) is 89.8 cm³/mol. The minimum absolute atomic E-state index is 0.0910. The highest BCUT2D eigenvalue weighted by molar-refractivity contribution is 7.17. The van der Waals surface area contributed by atoms with Gasteiger partial charge >= 0.3 is 11.9 Å². The van der Waals surface area contributed by atoms with Crippen molar-refractivity contribution >= 4 is 39.4 Å². The van der Waals surface area contributed by atoms with Gasteiger partial charge in [-0.15, -0.1) is 11.3 Å². The van der Waals surface area contributed by atoms with Crippen LogP contribution in [-0.4, -0.2) is 17.7 Å². The Morgan fingerprint density at radius 1 is 1.17 bits per heavy atom. The van der Waals surface area contributed by atoms with E-state index in [1.54, 1.807) is 31.3 Å². The average molecular weight is 328 g/mol. The Morgan fingerprint density at radius 3 is 2.57 bits per heavy atom. The monoisotopic (exact) mass is 328 g/mol. The summed E-state index contributed by atoms with van der Waals surface area (Å²) < 4.78 is 11.6. The summed E-state index contributed by atoms with van der Waals surface area (Å²) in [4.78, 5) is 23.9. The summed E-state index contributed by atoms with van der Waals surface area (Å²) >= 11 is 1.65. The van der Waals surface area contributed by atoms with E-state index in [-0.39, 0.29) is 5.57 Å². The van der Waals surface area contributed by atoms with Crippen LogP contribution >= 0.6 is 11.3 Å². The zero-order chi connectivity index (χ0) is 16.4. The van der Waals surface area contributed by atoms with E-state index in [4.69, 9.17) is 9.47 Å². The number of esters is 2. The molecule has 0 saturated carbocycles. The van der Waals surface area contributed by atoms with Gasteiger partial charge in [0.15, 0.2) is 0 Å². The Morgan fingerprint density at radius 2 is 1.87 bits per heavy atom. The van der Waals surface area contributed by atoms with Crippen molar-refractivity contribution in [2.45, 2.75) is 26.1 Å². The molecule has 1 aromatic carbocycles. The Balaban J connectivity index is 1.82. The summed E-state index contributed by atoms with van der Waals surface area (Å²) in [6, 6.07) is 8.06. The van der Waals surface area contributed by atoms with Crippen molar-refractivity contribution in [2.75, 3.05) is 0 Å².